The molecule has 2 unspecified atom stereocenters. The summed E-state index contributed by atoms with van der Waals surface area (Å²) in [5.74, 6) is -0.197. The number of hydrogen-bond donors (Lipinski definition) is 2. The fourth-order valence-corrected chi connectivity index (χ4v) is 3.13. The summed E-state index contributed by atoms with van der Waals surface area (Å²) < 4.78 is 6.37. The van der Waals surface area contributed by atoms with E-state index in [1.54, 1.807) is 18.2 Å². The van der Waals surface area contributed by atoms with Gasteiger partial charge in [0.25, 0.3) is 0 Å². The molecule has 3 N–H and O–H groups in total. The van der Waals surface area contributed by atoms with E-state index in [1.165, 1.54) is 0 Å². The second kappa shape index (κ2) is 5.88. The highest BCUT2D eigenvalue weighted by molar-refractivity contribution is 9.10. The Kier molecular flexibility index (Phi) is 4.69. The molecule has 4 nitrogen and oxygen atoms in total. The highest BCUT2D eigenvalue weighted by Crippen LogP contribution is 2.50. The van der Waals surface area contributed by atoms with Gasteiger partial charge in [-0.1, -0.05) is 25.4 Å². The minimum Gasteiger partial charge on any atom is -0.378 e. The summed E-state index contributed by atoms with van der Waals surface area (Å²) >= 11 is 9.28. The van der Waals surface area contributed by atoms with E-state index < -0.39 is 11.0 Å². The Hall–Kier alpha value is -0.620. The number of anilines is 1. The Morgan fingerprint density at radius 1 is 1.57 bits per heavy atom. The number of halogens is 2. The summed E-state index contributed by atoms with van der Waals surface area (Å²) in [6, 6.07) is 5.23. The number of nitrogens with two attached hydrogens (primary N) is 1. The van der Waals surface area contributed by atoms with Gasteiger partial charge in [-0.3, -0.25) is 4.79 Å². The van der Waals surface area contributed by atoms with Crippen LogP contribution in [0.5, 0.6) is 0 Å². The van der Waals surface area contributed by atoms with E-state index in [9.17, 15) is 4.79 Å². The van der Waals surface area contributed by atoms with Gasteiger partial charge < -0.3 is 15.8 Å². The number of hydrogen-bond acceptors (Lipinski definition) is 3. The third-order valence-corrected chi connectivity index (χ3v) is 5.63. The Labute approximate surface area is 138 Å². The van der Waals surface area contributed by atoms with Crippen LogP contribution in [0.4, 0.5) is 5.69 Å². The van der Waals surface area contributed by atoms with Gasteiger partial charge in [0, 0.05) is 28.6 Å². The fourth-order valence-electron chi connectivity index (χ4n) is 2.64. The van der Waals surface area contributed by atoms with Gasteiger partial charge in [0.2, 0.25) is 5.91 Å². The van der Waals surface area contributed by atoms with Crippen molar-refractivity contribution in [1.29, 1.82) is 0 Å². The maximum atomic E-state index is 12.5. The van der Waals surface area contributed by atoms with E-state index in [-0.39, 0.29) is 12.0 Å². The molecule has 1 aromatic carbocycles. The zero-order valence-corrected chi connectivity index (χ0v) is 14.7. The normalized spacial score (nSPS) is 27.0. The van der Waals surface area contributed by atoms with Crippen molar-refractivity contribution in [3.05, 3.63) is 27.7 Å². The fraction of sp³-hybridized carbons (Fsp3) is 0.533. The van der Waals surface area contributed by atoms with Crippen molar-refractivity contribution >= 4 is 39.1 Å². The monoisotopic (exact) mass is 374 g/mol. The summed E-state index contributed by atoms with van der Waals surface area (Å²) in [5, 5.41) is 3.46. The third kappa shape index (κ3) is 2.84. The summed E-state index contributed by atoms with van der Waals surface area (Å²) in [5.41, 5.74) is 5.66. The molecule has 1 fully saturated rings. The Bertz CT molecular complexity index is 565. The lowest BCUT2D eigenvalue weighted by Gasteiger charge is -2.57. The number of rotatable bonds is 4. The van der Waals surface area contributed by atoms with Crippen molar-refractivity contribution in [2.45, 2.75) is 38.8 Å². The highest BCUT2D eigenvalue weighted by atomic mass is 79.9. The topological polar surface area (TPSA) is 64.3 Å². The van der Waals surface area contributed by atoms with Gasteiger partial charge in [-0.2, -0.15) is 0 Å². The number of benzene rings is 1. The number of nitrogens with one attached hydrogen (secondary N) is 1. The number of carbonyl (C=O) groups is 1. The predicted molar refractivity (Wildman–Crippen MR) is 88.5 cm³/mol. The van der Waals surface area contributed by atoms with Crippen molar-refractivity contribution in [3.63, 3.8) is 0 Å². The Morgan fingerprint density at radius 3 is 2.76 bits per heavy atom. The van der Waals surface area contributed by atoms with Crippen LogP contribution in [-0.4, -0.2) is 24.2 Å². The van der Waals surface area contributed by atoms with E-state index >= 15 is 0 Å². The predicted octanol–water partition coefficient (Wildman–Crippen LogP) is 3.57. The summed E-state index contributed by atoms with van der Waals surface area (Å²) in [6.07, 6.45) is 0.532. The van der Waals surface area contributed by atoms with Gasteiger partial charge >= 0.3 is 0 Å². The summed E-state index contributed by atoms with van der Waals surface area (Å²) in [7, 11) is 0. The van der Waals surface area contributed by atoms with E-state index in [0.29, 0.717) is 23.7 Å². The van der Waals surface area contributed by atoms with Crippen molar-refractivity contribution in [1.82, 2.24) is 0 Å². The maximum absolute atomic E-state index is 12.5. The molecule has 0 aliphatic heterocycles. The molecule has 21 heavy (non-hydrogen) atoms. The number of ether oxygens (including phenoxy) is 1. The molecule has 1 aliphatic rings. The molecule has 0 radical (unpaired) electrons. The highest BCUT2D eigenvalue weighted by Gasteiger charge is 2.62. The largest absolute Gasteiger partial charge is 0.378 e. The van der Waals surface area contributed by atoms with Crippen LogP contribution in [0, 0.1) is 5.41 Å². The maximum Gasteiger partial charge on any atom is 0.245 e. The molecule has 2 atom stereocenters. The third-order valence-electron chi connectivity index (χ3n) is 4.41. The zero-order chi connectivity index (χ0) is 15.8. The molecular formula is C15H20BrClN2O2. The van der Waals surface area contributed by atoms with Crippen LogP contribution >= 0.6 is 27.5 Å². The lowest BCUT2D eigenvalue weighted by atomic mass is 9.54. The average Bonchev–Trinajstić information content (AvgIpc) is 2.42. The average molecular weight is 376 g/mol. The molecule has 0 bridgehead atoms. The smallest absolute Gasteiger partial charge is 0.245 e. The molecule has 1 saturated carbocycles. The van der Waals surface area contributed by atoms with Crippen LogP contribution in [-0.2, 0) is 9.53 Å². The molecule has 0 spiro atoms. The molecule has 0 aromatic heterocycles. The van der Waals surface area contributed by atoms with Crippen molar-refractivity contribution in [3.8, 4) is 0 Å². The van der Waals surface area contributed by atoms with E-state index in [4.69, 9.17) is 22.1 Å². The number of amides is 1. The molecule has 0 saturated heterocycles. The summed E-state index contributed by atoms with van der Waals surface area (Å²) in [6.45, 7) is 6.50. The molecule has 2 rings (SSSR count). The van der Waals surface area contributed by atoms with Gasteiger partial charge in [-0.25, -0.2) is 0 Å². The second-order valence-corrected chi connectivity index (χ2v) is 7.19. The van der Waals surface area contributed by atoms with Crippen LogP contribution in [0.1, 0.15) is 27.2 Å². The molecular weight excluding hydrogens is 356 g/mol. The van der Waals surface area contributed by atoms with Crippen molar-refractivity contribution < 1.29 is 9.53 Å². The van der Waals surface area contributed by atoms with E-state index in [0.717, 1.165) is 4.47 Å². The van der Waals surface area contributed by atoms with Crippen molar-refractivity contribution in [2.75, 3.05) is 11.9 Å². The van der Waals surface area contributed by atoms with Gasteiger partial charge in [-0.05, 0) is 41.1 Å². The van der Waals surface area contributed by atoms with Crippen LogP contribution < -0.4 is 11.1 Å². The first-order chi connectivity index (χ1) is 9.72. The Morgan fingerprint density at radius 2 is 2.24 bits per heavy atom. The standard InChI is InChI=1S/C15H20BrClN2O2/c1-4-21-12-8-15(18,14(12,2)3)13(20)19-9-5-6-11(17)10(16)7-9/h5-7,12H,4,8,18H2,1-3H3,(H,19,20). The van der Waals surface area contributed by atoms with E-state index in [1.807, 2.05) is 20.8 Å². The van der Waals surface area contributed by atoms with Crippen LogP contribution in [0.2, 0.25) is 5.02 Å². The van der Waals surface area contributed by atoms with Crippen molar-refractivity contribution in [2.24, 2.45) is 11.1 Å². The first-order valence-corrected chi connectivity index (χ1v) is 8.06. The minimum absolute atomic E-state index is 0.00945. The SMILES string of the molecule is CCOC1CC(N)(C(=O)Nc2ccc(Cl)c(Br)c2)C1(C)C. The molecule has 1 aromatic rings. The minimum atomic E-state index is -0.932. The van der Waals surface area contributed by atoms with Gasteiger partial charge in [0.05, 0.1) is 11.1 Å². The quantitative estimate of drug-likeness (QED) is 0.845. The Balaban J connectivity index is 2.12. The molecule has 0 heterocycles. The van der Waals surface area contributed by atoms with E-state index in [2.05, 4.69) is 21.2 Å². The first kappa shape index (κ1) is 16.7. The molecule has 1 amide bonds. The molecule has 6 heteroatoms. The zero-order valence-electron chi connectivity index (χ0n) is 12.4. The lowest BCUT2D eigenvalue weighted by Crippen LogP contribution is -2.74. The van der Waals surface area contributed by atoms with Crippen LogP contribution in [0.25, 0.3) is 0 Å². The first-order valence-electron chi connectivity index (χ1n) is 6.89. The second-order valence-electron chi connectivity index (χ2n) is 5.92. The van der Waals surface area contributed by atoms with Crippen LogP contribution in [0.15, 0.2) is 22.7 Å². The van der Waals surface area contributed by atoms with Gasteiger partial charge in [-0.15, -0.1) is 0 Å². The van der Waals surface area contributed by atoms with Gasteiger partial charge in [0.15, 0.2) is 0 Å². The molecule has 1 aliphatic carbocycles. The summed E-state index contributed by atoms with van der Waals surface area (Å²) in [4.78, 5) is 12.5. The lowest BCUT2D eigenvalue weighted by molar-refractivity contribution is -0.166. The number of carbonyl (C=O) groups excluding carboxylic acids is 1. The van der Waals surface area contributed by atoms with Gasteiger partial charge in [0.1, 0.15) is 5.54 Å². The van der Waals surface area contributed by atoms with Crippen LogP contribution in [0.3, 0.4) is 0 Å². The molecule has 116 valence electrons.